The van der Waals surface area contributed by atoms with Gasteiger partial charge in [-0.05, 0) is 29.3 Å². The summed E-state index contributed by atoms with van der Waals surface area (Å²) >= 11 is 6.33. The van der Waals surface area contributed by atoms with Crippen molar-refractivity contribution in [1.29, 1.82) is 0 Å². The Morgan fingerprint density at radius 1 is 0.759 bits per heavy atom. The lowest BCUT2D eigenvalue weighted by molar-refractivity contribution is -0.394. The average Bonchev–Trinajstić information content (AvgIpc) is 2.73. The molecule has 0 atom stereocenters. The van der Waals surface area contributed by atoms with E-state index in [0.717, 1.165) is 11.6 Å². The fraction of sp³-hybridized carbons (Fsp3) is 0. The fourth-order valence-electron chi connectivity index (χ4n) is 2.74. The third-order valence-corrected chi connectivity index (χ3v) is 4.48. The largest absolute Gasteiger partial charge is 0.283 e. The summed E-state index contributed by atoms with van der Waals surface area (Å²) in [7, 11) is 0. The molecule has 0 bridgehead atoms. The third-order valence-electron chi connectivity index (χ3n) is 4.16. The predicted molar refractivity (Wildman–Crippen MR) is 115 cm³/mol. The SMILES string of the molecule is O=[N+]([O-])c1cc([N+](=O)[O-])c(/C=C(/Cl)c2ccccc2)cc1/C=C\c1ccccc1. The van der Waals surface area contributed by atoms with E-state index in [-0.39, 0.29) is 22.5 Å². The smallest absolute Gasteiger partial charge is 0.258 e. The van der Waals surface area contributed by atoms with Crippen LogP contribution < -0.4 is 0 Å². The lowest BCUT2D eigenvalue weighted by Gasteiger charge is -2.04. The average molecular weight is 407 g/mol. The van der Waals surface area contributed by atoms with Gasteiger partial charge in [0.05, 0.1) is 27.0 Å². The van der Waals surface area contributed by atoms with Gasteiger partial charge in [0.15, 0.2) is 0 Å². The van der Waals surface area contributed by atoms with E-state index in [1.165, 1.54) is 12.1 Å². The van der Waals surface area contributed by atoms with Crippen LogP contribution in [0.25, 0.3) is 23.3 Å². The monoisotopic (exact) mass is 406 g/mol. The summed E-state index contributed by atoms with van der Waals surface area (Å²) in [6, 6.07) is 20.6. The predicted octanol–water partition coefficient (Wildman–Crippen LogP) is 6.41. The normalized spacial score (nSPS) is 11.6. The first-order valence-electron chi connectivity index (χ1n) is 8.58. The molecule has 0 N–H and O–H groups in total. The van der Waals surface area contributed by atoms with E-state index in [9.17, 15) is 20.2 Å². The molecule has 0 amide bonds. The first-order valence-corrected chi connectivity index (χ1v) is 8.96. The molecular weight excluding hydrogens is 392 g/mol. The zero-order valence-corrected chi connectivity index (χ0v) is 15.8. The first-order chi connectivity index (χ1) is 14.0. The van der Waals surface area contributed by atoms with Crippen LogP contribution in [-0.2, 0) is 0 Å². The Labute approximate surface area is 171 Å². The molecule has 0 aliphatic heterocycles. The molecular formula is C22H15ClN2O4. The van der Waals surface area contributed by atoms with E-state index in [1.807, 2.05) is 36.4 Å². The lowest BCUT2D eigenvalue weighted by Crippen LogP contribution is -1.98. The second-order valence-corrected chi connectivity index (χ2v) is 6.49. The molecule has 0 saturated heterocycles. The Hall–Kier alpha value is -3.77. The number of nitro benzene ring substituents is 2. The van der Waals surface area contributed by atoms with E-state index in [0.29, 0.717) is 10.6 Å². The molecule has 0 fully saturated rings. The number of nitrogens with zero attached hydrogens (tertiary/aromatic N) is 2. The Bertz CT molecular complexity index is 1110. The maximum atomic E-state index is 11.5. The van der Waals surface area contributed by atoms with Crippen LogP contribution in [-0.4, -0.2) is 9.85 Å². The summed E-state index contributed by atoms with van der Waals surface area (Å²) in [5.74, 6) is 0. The minimum atomic E-state index is -0.654. The Balaban J connectivity index is 2.13. The molecule has 6 nitrogen and oxygen atoms in total. The first kappa shape index (κ1) is 20.0. The van der Waals surface area contributed by atoms with E-state index < -0.39 is 9.85 Å². The second kappa shape index (κ2) is 8.95. The van der Waals surface area contributed by atoms with Gasteiger partial charge in [-0.25, -0.2) is 0 Å². The molecule has 0 spiro atoms. The summed E-state index contributed by atoms with van der Waals surface area (Å²) in [5, 5.41) is 23.3. The van der Waals surface area contributed by atoms with Crippen molar-refractivity contribution in [2.45, 2.75) is 0 Å². The number of hydrogen-bond acceptors (Lipinski definition) is 4. The summed E-state index contributed by atoms with van der Waals surface area (Å²) < 4.78 is 0. The van der Waals surface area contributed by atoms with Gasteiger partial charge in [0.25, 0.3) is 11.4 Å². The van der Waals surface area contributed by atoms with Gasteiger partial charge in [0.2, 0.25) is 0 Å². The van der Waals surface area contributed by atoms with Crippen molar-refractivity contribution in [1.82, 2.24) is 0 Å². The molecule has 0 radical (unpaired) electrons. The van der Waals surface area contributed by atoms with Crippen molar-refractivity contribution in [3.05, 3.63) is 115 Å². The van der Waals surface area contributed by atoms with Crippen LogP contribution in [0, 0.1) is 20.2 Å². The molecule has 0 aliphatic rings. The summed E-state index contributed by atoms with van der Waals surface area (Å²) in [6.45, 7) is 0. The molecule has 0 aliphatic carbocycles. The van der Waals surface area contributed by atoms with Crippen LogP contribution in [0.15, 0.2) is 72.8 Å². The zero-order valence-electron chi connectivity index (χ0n) is 15.1. The molecule has 144 valence electrons. The lowest BCUT2D eigenvalue weighted by atomic mass is 10.0. The number of hydrogen-bond donors (Lipinski definition) is 0. The second-order valence-electron chi connectivity index (χ2n) is 6.09. The highest BCUT2D eigenvalue weighted by Crippen LogP contribution is 2.33. The highest BCUT2D eigenvalue weighted by atomic mass is 35.5. The molecule has 0 heterocycles. The van der Waals surface area contributed by atoms with Gasteiger partial charge in [0, 0.05) is 5.03 Å². The molecule has 0 unspecified atom stereocenters. The zero-order chi connectivity index (χ0) is 20.8. The maximum absolute atomic E-state index is 11.5. The molecule has 29 heavy (non-hydrogen) atoms. The minimum absolute atomic E-state index is 0.183. The van der Waals surface area contributed by atoms with Crippen molar-refractivity contribution in [2.75, 3.05) is 0 Å². The Kier molecular flexibility index (Phi) is 6.16. The molecule has 3 rings (SSSR count). The quantitative estimate of drug-likeness (QED) is 0.269. The van der Waals surface area contributed by atoms with E-state index in [2.05, 4.69) is 0 Å². The van der Waals surface area contributed by atoms with Crippen LogP contribution in [0.2, 0.25) is 0 Å². The van der Waals surface area contributed by atoms with Crippen molar-refractivity contribution < 1.29 is 9.85 Å². The van der Waals surface area contributed by atoms with E-state index >= 15 is 0 Å². The maximum Gasteiger partial charge on any atom is 0.283 e. The van der Waals surface area contributed by atoms with Gasteiger partial charge in [-0.1, -0.05) is 78.3 Å². The highest BCUT2D eigenvalue weighted by molar-refractivity contribution is 6.51. The molecule has 0 aromatic heterocycles. The van der Waals surface area contributed by atoms with Crippen LogP contribution in [0.3, 0.4) is 0 Å². The van der Waals surface area contributed by atoms with Gasteiger partial charge >= 0.3 is 0 Å². The van der Waals surface area contributed by atoms with E-state index in [4.69, 9.17) is 11.6 Å². The van der Waals surface area contributed by atoms with Crippen molar-refractivity contribution in [3.63, 3.8) is 0 Å². The Morgan fingerprint density at radius 2 is 1.31 bits per heavy atom. The third kappa shape index (κ3) is 4.94. The minimum Gasteiger partial charge on any atom is -0.258 e. The van der Waals surface area contributed by atoms with Gasteiger partial charge in [-0.15, -0.1) is 0 Å². The molecule has 3 aromatic carbocycles. The number of halogens is 1. The van der Waals surface area contributed by atoms with Crippen LogP contribution in [0.4, 0.5) is 11.4 Å². The summed E-state index contributed by atoms with van der Waals surface area (Å²) in [6.07, 6.45) is 4.71. The molecule has 3 aromatic rings. The van der Waals surface area contributed by atoms with Gasteiger partial charge < -0.3 is 0 Å². The topological polar surface area (TPSA) is 86.3 Å². The number of rotatable bonds is 6. The summed E-state index contributed by atoms with van der Waals surface area (Å²) in [4.78, 5) is 21.7. The molecule has 7 heteroatoms. The van der Waals surface area contributed by atoms with Crippen LogP contribution in [0.5, 0.6) is 0 Å². The van der Waals surface area contributed by atoms with Crippen molar-refractivity contribution in [3.8, 4) is 0 Å². The van der Waals surface area contributed by atoms with Crippen molar-refractivity contribution >= 4 is 46.2 Å². The fourth-order valence-corrected chi connectivity index (χ4v) is 2.99. The van der Waals surface area contributed by atoms with Crippen molar-refractivity contribution in [2.24, 2.45) is 0 Å². The van der Waals surface area contributed by atoms with Gasteiger partial charge in [-0.3, -0.25) is 20.2 Å². The van der Waals surface area contributed by atoms with Gasteiger partial charge in [0.1, 0.15) is 0 Å². The van der Waals surface area contributed by atoms with Crippen LogP contribution in [0.1, 0.15) is 22.3 Å². The standard InChI is InChI=1S/C22H15ClN2O4/c23-20(17-9-5-2-6-10-17)14-19-13-18(12-11-16-7-3-1-4-8-16)21(24(26)27)15-22(19)25(28)29/h1-15H/b12-11-,20-14+. The Morgan fingerprint density at radius 3 is 1.90 bits per heavy atom. The summed E-state index contributed by atoms with van der Waals surface area (Å²) in [5.41, 5.74) is 1.22. The van der Waals surface area contributed by atoms with Crippen LogP contribution >= 0.6 is 11.6 Å². The van der Waals surface area contributed by atoms with E-state index in [1.54, 1.807) is 36.4 Å². The number of nitro groups is 2. The molecule has 0 saturated carbocycles. The number of benzene rings is 3. The highest BCUT2D eigenvalue weighted by Gasteiger charge is 2.22. The van der Waals surface area contributed by atoms with Gasteiger partial charge in [-0.2, -0.15) is 0 Å².